The summed E-state index contributed by atoms with van der Waals surface area (Å²) in [6.07, 6.45) is 0.379. The fourth-order valence-electron chi connectivity index (χ4n) is 2.57. The number of anilines is 2. The van der Waals surface area contributed by atoms with E-state index in [2.05, 4.69) is 10.6 Å². The quantitative estimate of drug-likeness (QED) is 0.459. The monoisotopic (exact) mass is 430 g/mol. The molecule has 30 heavy (non-hydrogen) atoms. The number of carbonyl (C=O) groups is 4. The van der Waals surface area contributed by atoms with Gasteiger partial charge in [0.2, 0.25) is 5.91 Å². The van der Waals surface area contributed by atoms with Crippen molar-refractivity contribution in [2.45, 2.75) is 33.1 Å². The highest BCUT2D eigenvalue weighted by Crippen LogP contribution is 2.20. The van der Waals surface area contributed by atoms with Gasteiger partial charge in [0.05, 0.1) is 0 Å². The highest BCUT2D eigenvalue weighted by Gasteiger charge is 2.11. The van der Waals surface area contributed by atoms with Gasteiger partial charge in [0.1, 0.15) is 0 Å². The average molecular weight is 431 g/mol. The maximum absolute atomic E-state index is 12.0. The molecular weight excluding hydrogens is 408 g/mol. The lowest BCUT2D eigenvalue weighted by atomic mass is 10.1. The summed E-state index contributed by atoms with van der Waals surface area (Å²) in [5, 5.41) is 5.80. The Kier molecular flexibility index (Phi) is 8.55. The third-order valence-corrected chi connectivity index (χ3v) is 4.41. The number of Topliss-reactive ketones (excluding diaryl/α,β-unsaturated/α-hetero) is 1. The summed E-state index contributed by atoms with van der Waals surface area (Å²) in [4.78, 5) is 47.1. The van der Waals surface area contributed by atoms with Gasteiger partial charge in [-0.05, 0) is 50.1 Å². The fourth-order valence-corrected chi connectivity index (χ4v) is 2.74. The SMILES string of the molecule is CC(=O)c1cccc(NC(=O)CCCC(=O)OCC(=O)Nc2cc(Cl)ccc2C)c1. The average Bonchev–Trinajstić information content (AvgIpc) is 2.69. The van der Waals surface area contributed by atoms with Crippen molar-refractivity contribution in [2.75, 3.05) is 17.2 Å². The van der Waals surface area contributed by atoms with Crippen molar-refractivity contribution in [2.24, 2.45) is 0 Å². The van der Waals surface area contributed by atoms with E-state index in [9.17, 15) is 19.2 Å². The second kappa shape index (κ2) is 11.1. The second-order valence-electron chi connectivity index (χ2n) is 6.71. The predicted molar refractivity (Wildman–Crippen MR) is 115 cm³/mol. The van der Waals surface area contributed by atoms with Crippen molar-refractivity contribution < 1.29 is 23.9 Å². The molecule has 0 spiro atoms. The van der Waals surface area contributed by atoms with Crippen LogP contribution in [0.5, 0.6) is 0 Å². The molecule has 0 aliphatic rings. The first-order valence-electron chi connectivity index (χ1n) is 9.37. The van der Waals surface area contributed by atoms with Crippen LogP contribution in [0.25, 0.3) is 0 Å². The maximum Gasteiger partial charge on any atom is 0.306 e. The zero-order chi connectivity index (χ0) is 22.1. The molecule has 0 aromatic heterocycles. The molecule has 0 fully saturated rings. The molecule has 2 amide bonds. The van der Waals surface area contributed by atoms with Crippen molar-refractivity contribution >= 4 is 46.5 Å². The second-order valence-corrected chi connectivity index (χ2v) is 7.14. The molecule has 2 rings (SSSR count). The maximum atomic E-state index is 12.0. The van der Waals surface area contributed by atoms with Gasteiger partial charge < -0.3 is 15.4 Å². The number of benzene rings is 2. The van der Waals surface area contributed by atoms with E-state index in [0.717, 1.165) is 5.56 Å². The van der Waals surface area contributed by atoms with E-state index in [-0.39, 0.29) is 31.0 Å². The molecule has 7 nitrogen and oxygen atoms in total. The van der Waals surface area contributed by atoms with Crippen molar-refractivity contribution in [3.05, 3.63) is 58.6 Å². The minimum atomic E-state index is -0.570. The molecule has 0 aliphatic carbocycles. The van der Waals surface area contributed by atoms with Crippen molar-refractivity contribution in [1.82, 2.24) is 0 Å². The molecule has 0 atom stereocenters. The fraction of sp³-hybridized carbons (Fsp3) is 0.273. The normalized spacial score (nSPS) is 10.2. The van der Waals surface area contributed by atoms with Gasteiger partial charge in [-0.1, -0.05) is 29.8 Å². The van der Waals surface area contributed by atoms with Gasteiger partial charge in [0.15, 0.2) is 12.4 Å². The van der Waals surface area contributed by atoms with Crippen LogP contribution in [0.4, 0.5) is 11.4 Å². The third-order valence-electron chi connectivity index (χ3n) is 4.18. The van der Waals surface area contributed by atoms with E-state index in [1.807, 2.05) is 6.92 Å². The molecule has 0 bridgehead atoms. The molecule has 2 aromatic rings. The molecular formula is C22H23ClN2O5. The number of nitrogens with one attached hydrogen (secondary N) is 2. The Balaban J connectivity index is 1.68. The Morgan fingerprint density at radius 3 is 2.47 bits per heavy atom. The summed E-state index contributed by atoms with van der Waals surface area (Å²) in [6, 6.07) is 11.7. The number of halogens is 1. The molecule has 2 N–H and O–H groups in total. The Morgan fingerprint density at radius 1 is 0.967 bits per heavy atom. The van der Waals surface area contributed by atoms with Crippen LogP contribution in [-0.2, 0) is 19.1 Å². The van der Waals surface area contributed by atoms with Gasteiger partial charge in [0, 0.05) is 34.8 Å². The Morgan fingerprint density at radius 2 is 1.73 bits per heavy atom. The topological polar surface area (TPSA) is 102 Å². The first-order chi connectivity index (χ1) is 14.2. The minimum absolute atomic E-state index is 0.00434. The van der Waals surface area contributed by atoms with E-state index >= 15 is 0 Å². The number of rotatable bonds is 9. The van der Waals surface area contributed by atoms with Gasteiger partial charge in [-0.15, -0.1) is 0 Å². The largest absolute Gasteiger partial charge is 0.456 e. The minimum Gasteiger partial charge on any atom is -0.456 e. The highest BCUT2D eigenvalue weighted by atomic mass is 35.5. The van der Waals surface area contributed by atoms with Crippen molar-refractivity contribution in [3.63, 3.8) is 0 Å². The number of carbonyl (C=O) groups excluding carboxylic acids is 4. The molecule has 0 saturated carbocycles. The summed E-state index contributed by atoms with van der Waals surface area (Å²) < 4.78 is 4.94. The molecule has 158 valence electrons. The summed E-state index contributed by atoms with van der Waals surface area (Å²) in [6.45, 7) is 2.84. The summed E-state index contributed by atoms with van der Waals surface area (Å²) in [7, 11) is 0. The zero-order valence-electron chi connectivity index (χ0n) is 16.8. The summed E-state index contributed by atoms with van der Waals surface area (Å²) in [5.74, 6) is -1.42. The molecule has 2 aromatic carbocycles. The number of esters is 1. The van der Waals surface area contributed by atoms with Crippen molar-refractivity contribution in [3.8, 4) is 0 Å². The lowest BCUT2D eigenvalue weighted by molar-refractivity contribution is -0.147. The Bertz CT molecular complexity index is 958. The van der Waals surface area contributed by atoms with E-state index in [0.29, 0.717) is 22.0 Å². The Labute approximate surface area is 179 Å². The molecule has 0 saturated heterocycles. The third kappa shape index (κ3) is 7.67. The van der Waals surface area contributed by atoms with Crippen LogP contribution in [0, 0.1) is 6.92 Å². The van der Waals surface area contributed by atoms with Gasteiger partial charge in [0.25, 0.3) is 5.91 Å². The first kappa shape index (κ1) is 23.1. The van der Waals surface area contributed by atoms with E-state index in [1.54, 1.807) is 42.5 Å². The number of hydrogen-bond acceptors (Lipinski definition) is 5. The molecule has 0 heterocycles. The lowest BCUT2D eigenvalue weighted by Crippen LogP contribution is -2.21. The van der Waals surface area contributed by atoms with Gasteiger partial charge in [-0.25, -0.2) is 0 Å². The summed E-state index contributed by atoms with van der Waals surface area (Å²) in [5.41, 5.74) is 2.40. The van der Waals surface area contributed by atoms with Crippen LogP contribution in [0.1, 0.15) is 42.1 Å². The van der Waals surface area contributed by atoms with Gasteiger partial charge in [-0.3, -0.25) is 19.2 Å². The van der Waals surface area contributed by atoms with Crippen LogP contribution < -0.4 is 10.6 Å². The number of aryl methyl sites for hydroxylation is 1. The number of ketones is 1. The molecule has 0 aliphatic heterocycles. The smallest absolute Gasteiger partial charge is 0.306 e. The zero-order valence-corrected chi connectivity index (χ0v) is 17.5. The lowest BCUT2D eigenvalue weighted by Gasteiger charge is -2.09. The van der Waals surface area contributed by atoms with Crippen LogP contribution >= 0.6 is 11.6 Å². The summed E-state index contributed by atoms with van der Waals surface area (Å²) >= 11 is 5.90. The van der Waals surface area contributed by atoms with E-state index < -0.39 is 18.5 Å². The van der Waals surface area contributed by atoms with E-state index in [4.69, 9.17) is 16.3 Å². The number of ether oxygens (including phenoxy) is 1. The number of hydrogen-bond donors (Lipinski definition) is 2. The molecule has 0 unspecified atom stereocenters. The van der Waals surface area contributed by atoms with Crippen LogP contribution in [0.15, 0.2) is 42.5 Å². The Hall–Kier alpha value is -3.19. The highest BCUT2D eigenvalue weighted by molar-refractivity contribution is 6.31. The van der Waals surface area contributed by atoms with Crippen LogP contribution in [0.2, 0.25) is 5.02 Å². The van der Waals surface area contributed by atoms with Gasteiger partial charge in [-0.2, -0.15) is 0 Å². The van der Waals surface area contributed by atoms with Gasteiger partial charge >= 0.3 is 5.97 Å². The molecule has 8 heteroatoms. The first-order valence-corrected chi connectivity index (χ1v) is 9.75. The number of amides is 2. The van der Waals surface area contributed by atoms with Crippen LogP contribution in [-0.4, -0.2) is 30.2 Å². The predicted octanol–water partition coefficient (Wildman–Crippen LogP) is 4.14. The van der Waals surface area contributed by atoms with E-state index in [1.165, 1.54) is 6.92 Å². The standard InChI is InChI=1S/C22H23ClN2O5/c1-14-9-10-17(23)12-19(14)25-21(28)13-30-22(29)8-4-7-20(27)24-18-6-3-5-16(11-18)15(2)26/h3,5-6,9-12H,4,7-8,13H2,1-2H3,(H,24,27)(H,25,28). The van der Waals surface area contributed by atoms with Crippen molar-refractivity contribution in [1.29, 1.82) is 0 Å². The van der Waals surface area contributed by atoms with Crippen LogP contribution in [0.3, 0.4) is 0 Å². The molecule has 0 radical (unpaired) electrons.